The molecular formula is C16H21N5O. The van der Waals surface area contributed by atoms with Gasteiger partial charge >= 0.3 is 6.03 Å². The Kier molecular flexibility index (Phi) is 2.91. The van der Waals surface area contributed by atoms with Crippen molar-refractivity contribution in [3.05, 3.63) is 30.1 Å². The van der Waals surface area contributed by atoms with Crippen LogP contribution in [0.2, 0.25) is 0 Å². The zero-order chi connectivity index (χ0) is 15.3. The average Bonchev–Trinajstić information content (AvgIpc) is 2.98. The summed E-state index contributed by atoms with van der Waals surface area (Å²) in [5.41, 5.74) is 9.26. The molecule has 2 fully saturated rings. The van der Waals surface area contributed by atoms with Gasteiger partial charge in [-0.3, -0.25) is 0 Å². The van der Waals surface area contributed by atoms with Crippen molar-refractivity contribution in [3.8, 4) is 0 Å². The molecule has 1 aliphatic heterocycles. The molecule has 1 aromatic heterocycles. The number of rotatable bonds is 2. The monoisotopic (exact) mass is 299 g/mol. The van der Waals surface area contributed by atoms with E-state index in [0.29, 0.717) is 19.0 Å². The highest BCUT2D eigenvalue weighted by atomic mass is 16.2. The normalized spacial score (nSPS) is 26.8. The van der Waals surface area contributed by atoms with Gasteiger partial charge in [0, 0.05) is 32.2 Å². The van der Waals surface area contributed by atoms with Gasteiger partial charge in [0.1, 0.15) is 0 Å². The second-order valence-corrected chi connectivity index (χ2v) is 6.69. The van der Waals surface area contributed by atoms with Gasteiger partial charge in [-0.25, -0.2) is 9.78 Å². The molecule has 0 spiro atoms. The molecule has 3 N–H and O–H groups in total. The Bertz CT molecular complexity index is 739. The van der Waals surface area contributed by atoms with Crippen LogP contribution in [0.4, 0.5) is 4.79 Å². The van der Waals surface area contributed by atoms with Crippen LogP contribution in [-0.4, -0.2) is 39.1 Å². The number of imidazole rings is 1. The molecule has 2 atom stereocenters. The van der Waals surface area contributed by atoms with E-state index in [0.717, 1.165) is 36.0 Å². The first-order valence-electron chi connectivity index (χ1n) is 7.77. The van der Waals surface area contributed by atoms with Gasteiger partial charge in [0.05, 0.1) is 17.4 Å². The molecule has 1 aromatic carbocycles. The van der Waals surface area contributed by atoms with E-state index in [9.17, 15) is 4.79 Å². The van der Waals surface area contributed by atoms with E-state index in [2.05, 4.69) is 10.3 Å². The summed E-state index contributed by atoms with van der Waals surface area (Å²) in [5.74, 6) is 0.489. The lowest BCUT2D eigenvalue weighted by molar-refractivity contribution is 0.187. The van der Waals surface area contributed by atoms with Gasteiger partial charge in [-0.05, 0) is 36.5 Å². The summed E-state index contributed by atoms with van der Waals surface area (Å²) in [6.45, 7) is 1.99. The molecule has 1 aliphatic carbocycles. The van der Waals surface area contributed by atoms with E-state index in [1.165, 1.54) is 0 Å². The summed E-state index contributed by atoms with van der Waals surface area (Å²) < 4.78 is 1.98. The summed E-state index contributed by atoms with van der Waals surface area (Å²) in [7, 11) is 1.97. The Hall–Kier alpha value is -2.08. The molecule has 22 heavy (non-hydrogen) atoms. The summed E-state index contributed by atoms with van der Waals surface area (Å²) in [6, 6.07) is 6.07. The van der Waals surface area contributed by atoms with Gasteiger partial charge in [0.25, 0.3) is 0 Å². The predicted molar refractivity (Wildman–Crippen MR) is 84.2 cm³/mol. The lowest BCUT2D eigenvalue weighted by Gasteiger charge is -2.39. The van der Waals surface area contributed by atoms with Gasteiger partial charge in [-0.2, -0.15) is 0 Å². The maximum absolute atomic E-state index is 12.3. The highest BCUT2D eigenvalue weighted by Gasteiger charge is 2.51. The van der Waals surface area contributed by atoms with Gasteiger partial charge in [-0.1, -0.05) is 6.07 Å². The number of hydrogen-bond donors (Lipinski definition) is 2. The van der Waals surface area contributed by atoms with Gasteiger partial charge in [0.2, 0.25) is 0 Å². The number of hydrogen-bond acceptors (Lipinski definition) is 3. The Morgan fingerprint density at radius 2 is 2.41 bits per heavy atom. The number of carbonyl (C=O) groups excluding carboxylic acids is 1. The average molecular weight is 299 g/mol. The maximum atomic E-state index is 12.3. The highest BCUT2D eigenvalue weighted by molar-refractivity contribution is 5.77. The van der Waals surface area contributed by atoms with Crippen molar-refractivity contribution in [2.75, 3.05) is 13.1 Å². The van der Waals surface area contributed by atoms with Crippen molar-refractivity contribution in [1.29, 1.82) is 0 Å². The van der Waals surface area contributed by atoms with Crippen molar-refractivity contribution in [2.45, 2.75) is 24.9 Å². The van der Waals surface area contributed by atoms with E-state index < -0.39 is 0 Å². The fraction of sp³-hybridized carbons (Fsp3) is 0.500. The SMILES string of the molecule is Cn1cnc2cc(CNC(=O)N3C[C@@H]4CC[C@]4(N)C3)ccc21. The van der Waals surface area contributed by atoms with Crippen LogP contribution in [0.3, 0.4) is 0 Å². The van der Waals surface area contributed by atoms with Crippen molar-refractivity contribution in [1.82, 2.24) is 19.8 Å². The third-order valence-electron chi connectivity index (χ3n) is 5.22. The molecule has 6 heteroatoms. The molecule has 0 bridgehead atoms. The lowest BCUT2D eigenvalue weighted by Crippen LogP contribution is -2.55. The van der Waals surface area contributed by atoms with Crippen LogP contribution >= 0.6 is 0 Å². The van der Waals surface area contributed by atoms with Crippen LogP contribution in [0.25, 0.3) is 11.0 Å². The Morgan fingerprint density at radius 3 is 3.09 bits per heavy atom. The number of nitrogens with two attached hydrogens (primary N) is 1. The van der Waals surface area contributed by atoms with Crippen molar-refractivity contribution >= 4 is 17.1 Å². The first-order valence-corrected chi connectivity index (χ1v) is 7.77. The molecule has 116 valence electrons. The number of likely N-dealkylation sites (tertiary alicyclic amines) is 1. The molecule has 2 aliphatic rings. The summed E-state index contributed by atoms with van der Waals surface area (Å²) >= 11 is 0. The van der Waals surface area contributed by atoms with Crippen molar-refractivity contribution < 1.29 is 4.79 Å². The summed E-state index contributed by atoms with van der Waals surface area (Å²) in [5, 5.41) is 3.00. The molecule has 1 saturated heterocycles. The molecular weight excluding hydrogens is 278 g/mol. The molecule has 0 unspecified atom stereocenters. The van der Waals surface area contributed by atoms with Gasteiger partial charge in [-0.15, -0.1) is 0 Å². The van der Waals surface area contributed by atoms with E-state index in [1.54, 1.807) is 6.33 Å². The third-order valence-corrected chi connectivity index (χ3v) is 5.22. The summed E-state index contributed by atoms with van der Waals surface area (Å²) in [4.78, 5) is 18.5. The van der Waals surface area contributed by atoms with Crippen LogP contribution in [0.15, 0.2) is 24.5 Å². The van der Waals surface area contributed by atoms with Crippen LogP contribution in [0.5, 0.6) is 0 Å². The minimum atomic E-state index is -0.121. The minimum Gasteiger partial charge on any atom is -0.334 e. The zero-order valence-electron chi connectivity index (χ0n) is 12.7. The number of fused-ring (bicyclic) bond motifs is 2. The topological polar surface area (TPSA) is 76.2 Å². The van der Waals surface area contributed by atoms with E-state index in [4.69, 9.17) is 5.73 Å². The number of nitrogens with one attached hydrogen (secondary N) is 1. The highest BCUT2D eigenvalue weighted by Crippen LogP contribution is 2.42. The standard InChI is InChI=1S/C16H21N5O/c1-20-10-19-13-6-11(2-3-14(13)20)7-18-15(22)21-8-12-4-5-16(12,17)9-21/h2-3,6,10,12H,4-5,7-9,17H2,1H3,(H,18,22)/t12-,16-/m0/s1. The van der Waals surface area contributed by atoms with E-state index in [-0.39, 0.29) is 11.6 Å². The number of aryl methyl sites for hydroxylation is 1. The number of urea groups is 1. The fourth-order valence-corrected chi connectivity index (χ4v) is 3.62. The second-order valence-electron chi connectivity index (χ2n) is 6.69. The fourth-order valence-electron chi connectivity index (χ4n) is 3.62. The van der Waals surface area contributed by atoms with E-state index >= 15 is 0 Å². The van der Waals surface area contributed by atoms with Crippen LogP contribution in [0, 0.1) is 5.92 Å². The predicted octanol–water partition coefficient (Wildman–Crippen LogP) is 1.21. The first-order chi connectivity index (χ1) is 10.5. The smallest absolute Gasteiger partial charge is 0.317 e. The van der Waals surface area contributed by atoms with Crippen molar-refractivity contribution in [3.63, 3.8) is 0 Å². The number of carbonyl (C=O) groups is 1. The third kappa shape index (κ3) is 2.06. The quantitative estimate of drug-likeness (QED) is 0.875. The molecule has 2 aromatic rings. The second kappa shape index (κ2) is 4.71. The Balaban J connectivity index is 1.40. The zero-order valence-corrected chi connectivity index (χ0v) is 12.7. The van der Waals surface area contributed by atoms with Crippen molar-refractivity contribution in [2.24, 2.45) is 18.7 Å². The maximum Gasteiger partial charge on any atom is 0.317 e. The lowest BCUT2D eigenvalue weighted by atomic mass is 9.70. The largest absolute Gasteiger partial charge is 0.334 e. The summed E-state index contributed by atoms with van der Waals surface area (Å²) in [6.07, 6.45) is 3.99. The van der Waals surface area contributed by atoms with E-state index in [1.807, 2.05) is 34.7 Å². The number of aromatic nitrogens is 2. The molecule has 4 rings (SSSR count). The van der Waals surface area contributed by atoms with Gasteiger partial charge in [0.15, 0.2) is 0 Å². The van der Waals surface area contributed by atoms with Crippen LogP contribution in [-0.2, 0) is 13.6 Å². The first kappa shape index (κ1) is 13.6. The van der Waals surface area contributed by atoms with Gasteiger partial charge < -0.3 is 20.5 Å². The molecule has 6 nitrogen and oxygen atoms in total. The molecule has 2 amide bonds. The Morgan fingerprint density at radius 1 is 1.55 bits per heavy atom. The Labute approximate surface area is 129 Å². The number of amides is 2. The van der Waals surface area contributed by atoms with Crippen LogP contribution < -0.4 is 11.1 Å². The number of benzene rings is 1. The molecule has 2 heterocycles. The number of nitrogens with zero attached hydrogens (tertiary/aromatic N) is 3. The molecule has 1 saturated carbocycles. The minimum absolute atomic E-state index is 0.0136. The molecule has 0 radical (unpaired) electrons. The van der Waals surface area contributed by atoms with Crippen LogP contribution in [0.1, 0.15) is 18.4 Å².